The van der Waals surface area contributed by atoms with Crippen LogP contribution in [0.4, 0.5) is 0 Å². The molecule has 9 heteroatoms. The maximum atomic E-state index is 12.6. The fourth-order valence-electron chi connectivity index (χ4n) is 2.99. The first-order chi connectivity index (χ1) is 14.2. The first-order valence-corrected chi connectivity index (χ1v) is 9.86. The van der Waals surface area contributed by atoms with Gasteiger partial charge in [0.25, 0.3) is 5.91 Å². The highest BCUT2D eigenvalue weighted by atomic mass is 16.4. The Labute approximate surface area is 176 Å². The largest absolute Gasteiger partial charge is 0.475 e. The molecule has 160 valence electrons. The van der Waals surface area contributed by atoms with Gasteiger partial charge in [-0.25, -0.2) is 0 Å². The van der Waals surface area contributed by atoms with Crippen molar-refractivity contribution in [2.75, 3.05) is 0 Å². The van der Waals surface area contributed by atoms with Gasteiger partial charge in [0.05, 0.1) is 12.0 Å². The molecule has 0 spiro atoms. The van der Waals surface area contributed by atoms with E-state index in [9.17, 15) is 24.7 Å². The van der Waals surface area contributed by atoms with Gasteiger partial charge in [-0.15, -0.1) is 0 Å². The van der Waals surface area contributed by atoms with Crippen molar-refractivity contribution in [1.82, 2.24) is 15.6 Å². The molecule has 0 fully saturated rings. The number of pyridine rings is 1. The van der Waals surface area contributed by atoms with Crippen LogP contribution in [0.3, 0.4) is 0 Å². The Morgan fingerprint density at radius 2 is 1.67 bits per heavy atom. The second kappa shape index (κ2) is 10.9. The number of rotatable bonds is 9. The van der Waals surface area contributed by atoms with Crippen molar-refractivity contribution in [1.29, 1.82) is 0 Å². The molecular formula is C21H28BN3O5. The van der Waals surface area contributed by atoms with E-state index in [1.807, 2.05) is 44.2 Å². The maximum absolute atomic E-state index is 12.6. The van der Waals surface area contributed by atoms with Gasteiger partial charge in [0, 0.05) is 11.8 Å². The number of carbonyl (C=O) groups excluding carboxylic acids is 2. The standard InChI is InChI=1S/C21H28BN3O5/c1-13(2)11-18(22(29)30)24-21(28)19(14(3)26)25-20(27)17-10-9-16(12-23-17)15-7-5-4-6-8-15/h4-10,12-14,18-19,26,29-30H,11H2,1-3H3,(H,24,28)(H,25,27)/t14?,18-,19-/m0/s1. The van der Waals surface area contributed by atoms with E-state index in [4.69, 9.17) is 0 Å². The van der Waals surface area contributed by atoms with E-state index < -0.39 is 37.0 Å². The van der Waals surface area contributed by atoms with Crippen molar-refractivity contribution < 1.29 is 24.7 Å². The number of benzene rings is 1. The number of nitrogens with zero attached hydrogens (tertiary/aromatic N) is 1. The van der Waals surface area contributed by atoms with Crippen molar-refractivity contribution in [3.63, 3.8) is 0 Å². The highest BCUT2D eigenvalue weighted by Crippen LogP contribution is 2.17. The SMILES string of the molecule is CC(C)C[C@H](NC(=O)[C@@H](NC(=O)c1ccc(-c2ccccc2)cn1)C(C)O)B(O)O. The predicted octanol–water partition coefficient (Wildman–Crippen LogP) is 0.771. The lowest BCUT2D eigenvalue weighted by Gasteiger charge is -2.25. The van der Waals surface area contributed by atoms with Crippen LogP contribution in [-0.4, -0.2) is 57.2 Å². The Morgan fingerprint density at radius 1 is 1.00 bits per heavy atom. The van der Waals surface area contributed by atoms with Crippen molar-refractivity contribution in [3.05, 3.63) is 54.4 Å². The molecule has 3 atom stereocenters. The van der Waals surface area contributed by atoms with Crippen LogP contribution in [0.2, 0.25) is 0 Å². The quantitative estimate of drug-likeness (QED) is 0.386. The summed E-state index contributed by atoms with van der Waals surface area (Å²) in [5.41, 5.74) is 1.89. The van der Waals surface area contributed by atoms with E-state index in [2.05, 4.69) is 15.6 Å². The third kappa shape index (κ3) is 6.65. The molecule has 0 saturated carbocycles. The molecule has 2 amide bonds. The topological polar surface area (TPSA) is 132 Å². The number of nitrogens with one attached hydrogen (secondary N) is 2. The molecule has 1 aromatic heterocycles. The molecule has 1 heterocycles. The van der Waals surface area contributed by atoms with Crippen LogP contribution in [0.25, 0.3) is 11.1 Å². The molecule has 2 aromatic rings. The Balaban J connectivity index is 2.08. The minimum absolute atomic E-state index is 0.0917. The summed E-state index contributed by atoms with van der Waals surface area (Å²) in [6.07, 6.45) is 0.683. The maximum Gasteiger partial charge on any atom is 0.475 e. The zero-order chi connectivity index (χ0) is 22.3. The third-order valence-corrected chi connectivity index (χ3v) is 4.57. The van der Waals surface area contributed by atoms with Crippen LogP contribution in [0, 0.1) is 5.92 Å². The summed E-state index contributed by atoms with van der Waals surface area (Å²) in [5.74, 6) is -2.15. The lowest BCUT2D eigenvalue weighted by Crippen LogP contribution is -2.57. The van der Waals surface area contributed by atoms with E-state index in [0.717, 1.165) is 11.1 Å². The van der Waals surface area contributed by atoms with E-state index in [0.29, 0.717) is 6.42 Å². The van der Waals surface area contributed by atoms with Gasteiger partial charge in [-0.2, -0.15) is 0 Å². The van der Waals surface area contributed by atoms with Crippen LogP contribution in [-0.2, 0) is 4.79 Å². The molecule has 30 heavy (non-hydrogen) atoms. The molecule has 1 aromatic carbocycles. The van der Waals surface area contributed by atoms with Gasteiger partial charge in [0.15, 0.2) is 0 Å². The average Bonchev–Trinajstić information content (AvgIpc) is 2.71. The Kier molecular flexibility index (Phi) is 8.52. The summed E-state index contributed by atoms with van der Waals surface area (Å²) in [4.78, 5) is 29.3. The summed E-state index contributed by atoms with van der Waals surface area (Å²) in [7, 11) is -1.76. The number of aliphatic hydroxyl groups is 1. The van der Waals surface area contributed by atoms with Crippen LogP contribution in [0.15, 0.2) is 48.7 Å². The first-order valence-electron chi connectivity index (χ1n) is 9.86. The normalized spacial score (nSPS) is 14.0. The lowest BCUT2D eigenvalue weighted by atomic mass is 9.75. The molecular weight excluding hydrogens is 385 g/mol. The molecule has 2 rings (SSSR count). The van der Waals surface area contributed by atoms with Gasteiger partial charge in [0.1, 0.15) is 11.7 Å². The molecule has 0 bridgehead atoms. The van der Waals surface area contributed by atoms with Crippen molar-refractivity contribution in [2.24, 2.45) is 5.92 Å². The van der Waals surface area contributed by atoms with Crippen molar-refractivity contribution in [2.45, 2.75) is 45.3 Å². The lowest BCUT2D eigenvalue weighted by molar-refractivity contribution is -0.125. The van der Waals surface area contributed by atoms with Gasteiger partial charge < -0.3 is 25.8 Å². The van der Waals surface area contributed by atoms with E-state index >= 15 is 0 Å². The Bertz CT molecular complexity index is 828. The van der Waals surface area contributed by atoms with Gasteiger partial charge in [-0.1, -0.05) is 50.2 Å². The third-order valence-electron chi connectivity index (χ3n) is 4.57. The van der Waals surface area contributed by atoms with E-state index in [-0.39, 0.29) is 11.6 Å². The van der Waals surface area contributed by atoms with E-state index in [1.54, 1.807) is 12.3 Å². The van der Waals surface area contributed by atoms with Crippen molar-refractivity contribution in [3.8, 4) is 11.1 Å². The van der Waals surface area contributed by atoms with Crippen LogP contribution in [0.1, 0.15) is 37.7 Å². The molecule has 0 saturated heterocycles. The van der Waals surface area contributed by atoms with Gasteiger partial charge in [-0.3, -0.25) is 14.6 Å². The average molecular weight is 413 g/mol. The van der Waals surface area contributed by atoms with Gasteiger partial charge in [0.2, 0.25) is 5.91 Å². The highest BCUT2D eigenvalue weighted by Gasteiger charge is 2.32. The van der Waals surface area contributed by atoms with E-state index in [1.165, 1.54) is 13.0 Å². The molecule has 0 radical (unpaired) electrons. The predicted molar refractivity (Wildman–Crippen MR) is 114 cm³/mol. The minimum Gasteiger partial charge on any atom is -0.426 e. The minimum atomic E-state index is -1.76. The number of hydrogen-bond acceptors (Lipinski definition) is 6. The summed E-state index contributed by atoms with van der Waals surface area (Å²) in [6, 6.07) is 11.6. The fraction of sp³-hybridized carbons (Fsp3) is 0.381. The molecule has 0 aliphatic rings. The summed E-state index contributed by atoms with van der Waals surface area (Å²) in [5, 5.41) is 33.9. The zero-order valence-corrected chi connectivity index (χ0v) is 17.3. The number of carbonyl (C=O) groups is 2. The van der Waals surface area contributed by atoms with Gasteiger partial charge in [-0.05, 0) is 30.9 Å². The summed E-state index contributed by atoms with van der Waals surface area (Å²) >= 11 is 0. The molecule has 5 N–H and O–H groups in total. The summed E-state index contributed by atoms with van der Waals surface area (Å²) in [6.45, 7) is 5.11. The number of aliphatic hydroxyl groups excluding tert-OH is 1. The molecule has 8 nitrogen and oxygen atoms in total. The second-order valence-corrected chi connectivity index (χ2v) is 7.65. The van der Waals surface area contributed by atoms with Crippen LogP contribution >= 0.6 is 0 Å². The number of aromatic nitrogens is 1. The second-order valence-electron chi connectivity index (χ2n) is 7.65. The molecule has 0 aliphatic carbocycles. The monoisotopic (exact) mass is 413 g/mol. The number of amides is 2. The van der Waals surface area contributed by atoms with Crippen molar-refractivity contribution >= 4 is 18.9 Å². The van der Waals surface area contributed by atoms with Crippen LogP contribution in [0.5, 0.6) is 0 Å². The smallest absolute Gasteiger partial charge is 0.426 e. The Hall–Kier alpha value is -2.75. The Morgan fingerprint density at radius 3 is 2.17 bits per heavy atom. The summed E-state index contributed by atoms with van der Waals surface area (Å²) < 4.78 is 0. The number of hydrogen-bond donors (Lipinski definition) is 5. The zero-order valence-electron chi connectivity index (χ0n) is 17.3. The molecule has 0 aliphatic heterocycles. The highest BCUT2D eigenvalue weighted by molar-refractivity contribution is 6.43. The van der Waals surface area contributed by atoms with Gasteiger partial charge >= 0.3 is 7.12 Å². The fourth-order valence-corrected chi connectivity index (χ4v) is 2.99. The molecule has 1 unspecified atom stereocenters. The van der Waals surface area contributed by atoms with Crippen LogP contribution < -0.4 is 10.6 Å². The first kappa shape index (κ1) is 23.5.